The number of ether oxygens (including phenoxy) is 2. The van der Waals surface area contributed by atoms with E-state index in [4.69, 9.17) is 21.1 Å². The van der Waals surface area contributed by atoms with Gasteiger partial charge in [-0.25, -0.2) is 4.79 Å². The van der Waals surface area contributed by atoms with E-state index in [9.17, 15) is 19.2 Å². The smallest absolute Gasteiger partial charge is 0.339 e. The monoisotopic (exact) mass is 550 g/mol. The lowest BCUT2D eigenvalue weighted by Crippen LogP contribution is -2.36. The zero-order valence-corrected chi connectivity index (χ0v) is 21.9. The van der Waals surface area contributed by atoms with E-state index in [2.05, 4.69) is 5.32 Å². The highest BCUT2D eigenvalue weighted by Gasteiger charge is 2.36. The van der Waals surface area contributed by atoms with Crippen LogP contribution in [0.25, 0.3) is 6.08 Å². The molecule has 1 fully saturated rings. The highest BCUT2D eigenvalue weighted by atomic mass is 35.5. The van der Waals surface area contributed by atoms with E-state index in [0.717, 1.165) is 22.2 Å². The summed E-state index contributed by atoms with van der Waals surface area (Å²) in [4.78, 5) is 51.3. The van der Waals surface area contributed by atoms with Crippen LogP contribution in [0.5, 0.6) is 5.75 Å². The summed E-state index contributed by atoms with van der Waals surface area (Å²) in [6, 6.07) is 21.2. The standard InChI is InChI=1S/C28H23ClN2O6S/c1-2-36-27(34)21-15-20(12-13-22(21)29)30-25(32)16-31-26(33)24(38-28(31)35)14-19-10-6-7-11-23(19)37-17-18-8-4-3-5-9-18/h3-15H,2,16-17H2,1H3,(H,30,32)/b24-14+. The van der Waals surface area contributed by atoms with Gasteiger partial charge >= 0.3 is 5.97 Å². The summed E-state index contributed by atoms with van der Waals surface area (Å²) in [6.45, 7) is 1.68. The molecule has 0 saturated carbocycles. The van der Waals surface area contributed by atoms with Crippen molar-refractivity contribution in [3.05, 3.63) is 99.4 Å². The fourth-order valence-corrected chi connectivity index (χ4v) is 4.58. The molecular weight excluding hydrogens is 528 g/mol. The van der Waals surface area contributed by atoms with Crippen molar-refractivity contribution in [1.29, 1.82) is 0 Å². The Balaban J connectivity index is 1.43. The number of thioether (sulfide) groups is 1. The van der Waals surface area contributed by atoms with Crippen LogP contribution in [0.4, 0.5) is 10.5 Å². The maximum atomic E-state index is 13.0. The van der Waals surface area contributed by atoms with Gasteiger partial charge in [0.05, 0.1) is 22.1 Å². The molecule has 3 aromatic carbocycles. The van der Waals surface area contributed by atoms with Crippen molar-refractivity contribution in [2.24, 2.45) is 0 Å². The number of nitrogens with one attached hydrogen (secondary N) is 1. The minimum atomic E-state index is -0.627. The number of imide groups is 1. The molecule has 0 radical (unpaired) electrons. The average molecular weight is 551 g/mol. The first kappa shape index (κ1) is 27.0. The van der Waals surface area contributed by atoms with Gasteiger partial charge in [-0.3, -0.25) is 19.3 Å². The molecular formula is C28H23ClN2O6S. The summed E-state index contributed by atoms with van der Waals surface area (Å²) < 4.78 is 10.9. The zero-order chi connectivity index (χ0) is 27.1. The van der Waals surface area contributed by atoms with E-state index >= 15 is 0 Å². The van der Waals surface area contributed by atoms with E-state index in [0.29, 0.717) is 17.9 Å². The van der Waals surface area contributed by atoms with Crippen molar-refractivity contribution in [3.63, 3.8) is 0 Å². The topological polar surface area (TPSA) is 102 Å². The number of nitrogens with zero attached hydrogens (tertiary/aromatic N) is 1. The Morgan fingerprint density at radius 2 is 1.76 bits per heavy atom. The van der Waals surface area contributed by atoms with Crippen molar-refractivity contribution >= 4 is 58.1 Å². The largest absolute Gasteiger partial charge is 0.488 e. The number of hydrogen-bond donors (Lipinski definition) is 1. The first-order valence-corrected chi connectivity index (χ1v) is 12.8. The molecule has 38 heavy (non-hydrogen) atoms. The van der Waals surface area contributed by atoms with Crippen molar-refractivity contribution < 1.29 is 28.7 Å². The van der Waals surface area contributed by atoms with Crippen molar-refractivity contribution in [2.45, 2.75) is 13.5 Å². The predicted octanol–water partition coefficient (Wildman–Crippen LogP) is 5.77. The van der Waals surface area contributed by atoms with E-state index in [1.165, 1.54) is 18.2 Å². The number of anilines is 1. The van der Waals surface area contributed by atoms with Crippen LogP contribution in [0.2, 0.25) is 5.02 Å². The van der Waals surface area contributed by atoms with Crippen LogP contribution >= 0.6 is 23.4 Å². The second-order valence-corrected chi connectivity index (χ2v) is 9.44. The number of carbonyl (C=O) groups excluding carboxylic acids is 4. The van der Waals surface area contributed by atoms with E-state index in [1.54, 1.807) is 31.2 Å². The molecule has 3 aromatic rings. The Kier molecular flexibility index (Phi) is 8.83. The highest BCUT2D eigenvalue weighted by molar-refractivity contribution is 8.18. The van der Waals surface area contributed by atoms with Crippen molar-refractivity contribution in [1.82, 2.24) is 4.90 Å². The van der Waals surface area contributed by atoms with E-state index in [-0.39, 0.29) is 27.8 Å². The van der Waals surface area contributed by atoms with Crippen LogP contribution < -0.4 is 10.1 Å². The van der Waals surface area contributed by atoms with Gasteiger partial charge in [0.25, 0.3) is 11.1 Å². The minimum absolute atomic E-state index is 0.0913. The van der Waals surface area contributed by atoms with Gasteiger partial charge in [0, 0.05) is 11.3 Å². The van der Waals surface area contributed by atoms with Crippen LogP contribution in [0.1, 0.15) is 28.4 Å². The van der Waals surface area contributed by atoms with Crippen LogP contribution in [-0.4, -0.2) is 41.1 Å². The number of hydrogen-bond acceptors (Lipinski definition) is 7. The second kappa shape index (κ2) is 12.4. The van der Waals surface area contributed by atoms with Crippen LogP contribution in [-0.2, 0) is 20.9 Å². The SMILES string of the molecule is CCOC(=O)c1cc(NC(=O)CN2C(=O)S/C(=C/c3ccccc3OCc3ccccc3)C2=O)ccc1Cl. The summed E-state index contributed by atoms with van der Waals surface area (Å²) in [7, 11) is 0. The predicted molar refractivity (Wildman–Crippen MR) is 146 cm³/mol. The molecule has 0 spiro atoms. The average Bonchev–Trinajstić information content (AvgIpc) is 3.17. The number of benzene rings is 3. The van der Waals surface area contributed by atoms with Gasteiger partial charge in [0.15, 0.2) is 0 Å². The van der Waals surface area contributed by atoms with Gasteiger partial charge < -0.3 is 14.8 Å². The fourth-order valence-electron chi connectivity index (χ4n) is 3.56. The van der Waals surface area contributed by atoms with E-state index in [1.807, 2.05) is 36.4 Å². The van der Waals surface area contributed by atoms with Crippen LogP contribution in [0.3, 0.4) is 0 Å². The molecule has 3 amide bonds. The maximum absolute atomic E-state index is 13.0. The Morgan fingerprint density at radius 1 is 1.03 bits per heavy atom. The molecule has 0 unspecified atom stereocenters. The lowest BCUT2D eigenvalue weighted by atomic mass is 10.1. The molecule has 194 valence electrons. The molecule has 1 heterocycles. The second-order valence-electron chi connectivity index (χ2n) is 8.04. The van der Waals surface area contributed by atoms with E-state index < -0.39 is 29.6 Å². The zero-order valence-electron chi connectivity index (χ0n) is 20.3. The molecule has 0 aliphatic carbocycles. The molecule has 10 heteroatoms. The Bertz CT molecular complexity index is 1410. The van der Waals surface area contributed by atoms with Gasteiger partial charge in [-0.2, -0.15) is 0 Å². The molecule has 1 aliphatic rings. The number of para-hydroxylation sites is 1. The molecule has 0 bridgehead atoms. The van der Waals surface area contributed by atoms with Gasteiger partial charge in [-0.05, 0) is 54.6 Å². The summed E-state index contributed by atoms with van der Waals surface area (Å²) >= 11 is 6.80. The first-order chi connectivity index (χ1) is 18.4. The third-order valence-electron chi connectivity index (χ3n) is 5.36. The van der Waals surface area contributed by atoms with Gasteiger partial charge in [0.1, 0.15) is 18.9 Å². The molecule has 4 rings (SSSR count). The minimum Gasteiger partial charge on any atom is -0.488 e. The first-order valence-electron chi connectivity index (χ1n) is 11.6. The maximum Gasteiger partial charge on any atom is 0.339 e. The molecule has 1 saturated heterocycles. The number of rotatable bonds is 9. The number of carbonyl (C=O) groups is 4. The summed E-state index contributed by atoms with van der Waals surface area (Å²) in [5.41, 5.74) is 1.98. The lowest BCUT2D eigenvalue weighted by Gasteiger charge is -2.13. The molecule has 1 N–H and O–H groups in total. The molecule has 1 aliphatic heterocycles. The number of halogens is 1. The van der Waals surface area contributed by atoms with Gasteiger partial charge in [0.2, 0.25) is 5.91 Å². The number of esters is 1. The van der Waals surface area contributed by atoms with Crippen molar-refractivity contribution in [2.75, 3.05) is 18.5 Å². The Morgan fingerprint density at radius 3 is 2.53 bits per heavy atom. The summed E-state index contributed by atoms with van der Waals surface area (Å²) in [6.07, 6.45) is 1.58. The Labute approximate surface area is 228 Å². The number of amides is 3. The third-order valence-corrected chi connectivity index (χ3v) is 6.60. The molecule has 8 nitrogen and oxygen atoms in total. The summed E-state index contributed by atoms with van der Waals surface area (Å²) in [5, 5.41) is 2.18. The lowest BCUT2D eigenvalue weighted by molar-refractivity contribution is -0.127. The van der Waals surface area contributed by atoms with Crippen LogP contribution in [0.15, 0.2) is 77.7 Å². The van der Waals surface area contributed by atoms with Crippen LogP contribution in [0, 0.1) is 0 Å². The third kappa shape index (κ3) is 6.62. The molecule has 0 aromatic heterocycles. The fraction of sp³-hybridized carbons (Fsp3) is 0.143. The summed E-state index contributed by atoms with van der Waals surface area (Å²) in [5.74, 6) is -1.27. The van der Waals surface area contributed by atoms with Gasteiger partial charge in [-0.15, -0.1) is 0 Å². The molecule has 0 atom stereocenters. The Hall–Kier alpha value is -4.08. The van der Waals surface area contributed by atoms with Crippen molar-refractivity contribution in [3.8, 4) is 5.75 Å². The quantitative estimate of drug-likeness (QED) is 0.266. The van der Waals surface area contributed by atoms with Gasteiger partial charge in [-0.1, -0.05) is 60.1 Å². The normalized spacial score (nSPS) is 14.1. The highest BCUT2D eigenvalue weighted by Crippen LogP contribution is 2.34.